The minimum absolute atomic E-state index is 0.0617. The van der Waals surface area contributed by atoms with Gasteiger partial charge in [0.05, 0.1) is 6.33 Å². The molecule has 0 aliphatic carbocycles. The van der Waals surface area contributed by atoms with Crippen molar-refractivity contribution >= 4 is 5.91 Å². The maximum atomic E-state index is 12.4. The highest BCUT2D eigenvalue weighted by atomic mass is 16.1. The van der Waals surface area contributed by atoms with Crippen LogP contribution in [0.5, 0.6) is 0 Å². The number of nitrogens with one attached hydrogen (secondary N) is 1. The number of carbonyl (C=O) groups is 1. The first-order valence-electron chi connectivity index (χ1n) is 9.45. The van der Waals surface area contributed by atoms with Crippen molar-refractivity contribution in [3.05, 3.63) is 83.9 Å². The van der Waals surface area contributed by atoms with Crippen molar-refractivity contribution in [1.29, 1.82) is 0 Å². The van der Waals surface area contributed by atoms with E-state index < -0.39 is 0 Å². The Kier molecular flexibility index (Phi) is 5.30. The van der Waals surface area contributed by atoms with E-state index in [1.807, 2.05) is 35.0 Å². The van der Waals surface area contributed by atoms with Gasteiger partial charge in [-0.3, -0.25) is 9.69 Å². The van der Waals surface area contributed by atoms with Crippen LogP contribution in [0.15, 0.2) is 67.3 Å². The molecule has 0 spiro atoms. The molecule has 0 saturated carbocycles. The van der Waals surface area contributed by atoms with Crippen molar-refractivity contribution < 1.29 is 4.79 Å². The van der Waals surface area contributed by atoms with Crippen LogP contribution in [0.2, 0.25) is 0 Å². The molecule has 0 unspecified atom stereocenters. The van der Waals surface area contributed by atoms with Crippen LogP contribution in [0.1, 0.15) is 34.3 Å². The molecular weight excluding hydrogens is 336 g/mol. The molecule has 1 N–H and O–H groups in total. The summed E-state index contributed by atoms with van der Waals surface area (Å²) < 4.78 is 1.91. The van der Waals surface area contributed by atoms with Crippen molar-refractivity contribution in [2.45, 2.75) is 25.9 Å². The molecule has 4 rings (SSSR count). The van der Waals surface area contributed by atoms with E-state index in [1.54, 1.807) is 12.5 Å². The highest BCUT2D eigenvalue weighted by Gasteiger charge is 2.11. The zero-order chi connectivity index (χ0) is 18.5. The standard InChI is InChI=1S/C22H24N4O/c27-22(20-7-9-21(10-8-20)26-14-11-23-17-26)24-15-18-3-5-19(6-4-18)16-25-12-1-2-13-25/h3-11,14,17H,1-2,12-13,15-16H2,(H,24,27). The van der Waals surface area contributed by atoms with E-state index in [4.69, 9.17) is 0 Å². The zero-order valence-corrected chi connectivity index (χ0v) is 15.3. The molecule has 1 aliphatic heterocycles. The van der Waals surface area contributed by atoms with Crippen molar-refractivity contribution in [2.75, 3.05) is 13.1 Å². The summed E-state index contributed by atoms with van der Waals surface area (Å²) in [6.07, 6.45) is 7.97. The quantitative estimate of drug-likeness (QED) is 0.733. The molecule has 0 atom stereocenters. The summed E-state index contributed by atoms with van der Waals surface area (Å²) in [4.78, 5) is 18.9. The fraction of sp³-hybridized carbons (Fsp3) is 0.273. The number of likely N-dealkylation sites (tertiary alicyclic amines) is 1. The van der Waals surface area contributed by atoms with Crippen molar-refractivity contribution in [1.82, 2.24) is 19.8 Å². The van der Waals surface area contributed by atoms with Crippen LogP contribution in [-0.2, 0) is 13.1 Å². The Morgan fingerprint density at radius 1 is 0.963 bits per heavy atom. The van der Waals surface area contributed by atoms with Gasteiger partial charge in [-0.25, -0.2) is 4.98 Å². The van der Waals surface area contributed by atoms with E-state index in [2.05, 4.69) is 39.5 Å². The molecule has 27 heavy (non-hydrogen) atoms. The molecular formula is C22H24N4O. The Hall–Kier alpha value is -2.92. The second kappa shape index (κ2) is 8.18. The van der Waals surface area contributed by atoms with E-state index in [0.717, 1.165) is 17.8 Å². The number of nitrogens with zero attached hydrogens (tertiary/aromatic N) is 3. The summed E-state index contributed by atoms with van der Waals surface area (Å²) in [5.74, 6) is -0.0617. The fourth-order valence-electron chi connectivity index (χ4n) is 3.44. The van der Waals surface area contributed by atoms with Gasteiger partial charge < -0.3 is 9.88 Å². The summed E-state index contributed by atoms with van der Waals surface area (Å²) in [5.41, 5.74) is 4.09. The highest BCUT2D eigenvalue weighted by Crippen LogP contribution is 2.14. The predicted molar refractivity (Wildman–Crippen MR) is 106 cm³/mol. The molecule has 3 aromatic rings. The Bertz CT molecular complexity index is 864. The number of rotatable bonds is 6. The summed E-state index contributed by atoms with van der Waals surface area (Å²) in [6, 6.07) is 16.1. The molecule has 5 nitrogen and oxygen atoms in total. The van der Waals surface area contributed by atoms with Gasteiger partial charge in [-0.1, -0.05) is 24.3 Å². The summed E-state index contributed by atoms with van der Waals surface area (Å²) in [6.45, 7) is 3.97. The molecule has 0 radical (unpaired) electrons. The first-order valence-corrected chi connectivity index (χ1v) is 9.45. The first-order chi connectivity index (χ1) is 13.3. The molecule has 1 aliphatic rings. The number of hydrogen-bond donors (Lipinski definition) is 1. The number of hydrogen-bond acceptors (Lipinski definition) is 3. The molecule has 1 aromatic heterocycles. The Balaban J connectivity index is 1.30. The average molecular weight is 360 g/mol. The number of aromatic nitrogens is 2. The normalized spacial score (nSPS) is 14.4. The second-order valence-corrected chi connectivity index (χ2v) is 7.00. The van der Waals surface area contributed by atoms with E-state index in [-0.39, 0.29) is 5.91 Å². The van der Waals surface area contributed by atoms with Crippen LogP contribution < -0.4 is 5.32 Å². The minimum atomic E-state index is -0.0617. The van der Waals surface area contributed by atoms with E-state index in [0.29, 0.717) is 12.1 Å². The van der Waals surface area contributed by atoms with Gasteiger partial charge in [0.25, 0.3) is 5.91 Å². The fourth-order valence-corrected chi connectivity index (χ4v) is 3.44. The molecule has 5 heteroatoms. The molecule has 138 valence electrons. The van der Waals surface area contributed by atoms with Gasteiger partial charge in [0.2, 0.25) is 0 Å². The summed E-state index contributed by atoms with van der Waals surface area (Å²) >= 11 is 0. The first kappa shape index (κ1) is 17.5. The number of imidazole rings is 1. The molecule has 1 fully saturated rings. The Morgan fingerprint density at radius 3 is 2.33 bits per heavy atom. The van der Waals surface area contributed by atoms with Crippen LogP contribution in [0.4, 0.5) is 0 Å². The van der Waals surface area contributed by atoms with Gasteiger partial charge in [0, 0.05) is 36.7 Å². The predicted octanol–water partition coefficient (Wildman–Crippen LogP) is 3.40. The van der Waals surface area contributed by atoms with E-state index in [1.165, 1.54) is 31.5 Å². The molecule has 1 saturated heterocycles. The molecule has 2 aromatic carbocycles. The smallest absolute Gasteiger partial charge is 0.251 e. The average Bonchev–Trinajstić information content (AvgIpc) is 3.42. The topological polar surface area (TPSA) is 50.2 Å². The lowest BCUT2D eigenvalue weighted by molar-refractivity contribution is 0.0951. The minimum Gasteiger partial charge on any atom is -0.348 e. The third-order valence-electron chi connectivity index (χ3n) is 5.01. The van der Waals surface area contributed by atoms with E-state index in [9.17, 15) is 4.79 Å². The van der Waals surface area contributed by atoms with Crippen molar-refractivity contribution in [2.24, 2.45) is 0 Å². The summed E-state index contributed by atoms with van der Waals surface area (Å²) in [7, 11) is 0. The third-order valence-corrected chi connectivity index (χ3v) is 5.01. The lowest BCUT2D eigenvalue weighted by atomic mass is 10.1. The third kappa shape index (κ3) is 4.44. The maximum Gasteiger partial charge on any atom is 0.251 e. The second-order valence-electron chi connectivity index (χ2n) is 7.00. The number of amides is 1. The molecule has 1 amide bonds. The summed E-state index contributed by atoms with van der Waals surface area (Å²) in [5, 5.41) is 2.99. The van der Waals surface area contributed by atoms with Crippen LogP contribution in [0.3, 0.4) is 0 Å². The Morgan fingerprint density at radius 2 is 1.67 bits per heavy atom. The van der Waals surface area contributed by atoms with Crippen molar-refractivity contribution in [3.8, 4) is 5.69 Å². The monoisotopic (exact) mass is 360 g/mol. The van der Waals surface area contributed by atoms with Gasteiger partial charge in [-0.15, -0.1) is 0 Å². The molecule has 2 heterocycles. The largest absolute Gasteiger partial charge is 0.348 e. The molecule has 0 bridgehead atoms. The van der Waals surface area contributed by atoms with Crippen LogP contribution in [-0.4, -0.2) is 33.4 Å². The van der Waals surface area contributed by atoms with Crippen LogP contribution in [0.25, 0.3) is 5.69 Å². The number of carbonyl (C=O) groups excluding carboxylic acids is 1. The van der Waals surface area contributed by atoms with Gasteiger partial charge in [-0.2, -0.15) is 0 Å². The van der Waals surface area contributed by atoms with E-state index >= 15 is 0 Å². The number of benzene rings is 2. The maximum absolute atomic E-state index is 12.4. The van der Waals surface area contributed by atoms with Gasteiger partial charge in [0.15, 0.2) is 0 Å². The van der Waals surface area contributed by atoms with Gasteiger partial charge in [-0.05, 0) is 61.3 Å². The highest BCUT2D eigenvalue weighted by molar-refractivity contribution is 5.94. The lowest BCUT2D eigenvalue weighted by Crippen LogP contribution is -2.22. The lowest BCUT2D eigenvalue weighted by Gasteiger charge is -2.14. The van der Waals surface area contributed by atoms with Gasteiger partial charge in [0.1, 0.15) is 0 Å². The Labute approximate surface area is 159 Å². The van der Waals surface area contributed by atoms with Gasteiger partial charge >= 0.3 is 0 Å². The zero-order valence-electron chi connectivity index (χ0n) is 15.3. The van der Waals surface area contributed by atoms with Crippen LogP contribution in [0, 0.1) is 0 Å². The van der Waals surface area contributed by atoms with Crippen LogP contribution >= 0.6 is 0 Å². The van der Waals surface area contributed by atoms with Crippen molar-refractivity contribution in [3.63, 3.8) is 0 Å². The SMILES string of the molecule is O=C(NCc1ccc(CN2CCCC2)cc1)c1ccc(-n2ccnc2)cc1.